The molecule has 0 aromatic carbocycles. The first-order chi connectivity index (χ1) is 9.56. The van der Waals surface area contributed by atoms with Crippen molar-refractivity contribution in [3.05, 3.63) is 36.0 Å². The second-order valence-electron chi connectivity index (χ2n) is 4.85. The van der Waals surface area contributed by atoms with Crippen LogP contribution in [0.5, 0.6) is 0 Å². The maximum atomic E-state index is 11.8. The van der Waals surface area contributed by atoms with E-state index < -0.39 is 0 Å². The summed E-state index contributed by atoms with van der Waals surface area (Å²) in [5, 5.41) is 0.927. The lowest BCUT2D eigenvalue weighted by molar-refractivity contribution is 0.0822. The number of fused-ring (bicyclic) bond motifs is 1. The molecule has 3 rings (SSSR count). The number of rotatable bonds is 2. The Morgan fingerprint density at radius 3 is 2.95 bits per heavy atom. The number of nitrogens with one attached hydrogen (secondary N) is 1. The molecule has 0 unspecified atom stereocenters. The van der Waals surface area contributed by atoms with Gasteiger partial charge in [-0.05, 0) is 18.6 Å². The molecule has 6 nitrogen and oxygen atoms in total. The quantitative estimate of drug-likeness (QED) is 0.774. The van der Waals surface area contributed by atoms with E-state index in [0.29, 0.717) is 11.6 Å². The molecule has 0 atom stereocenters. The highest BCUT2D eigenvalue weighted by molar-refractivity contribution is 5.94. The van der Waals surface area contributed by atoms with Gasteiger partial charge >= 0.3 is 0 Å². The first kappa shape index (κ1) is 12.4. The SMILES string of the molecule is Cc1cnc2[nH]cc(-c3nc(C(=O)N(C)C)co3)c2c1. The highest BCUT2D eigenvalue weighted by Crippen LogP contribution is 2.27. The van der Waals surface area contributed by atoms with E-state index in [-0.39, 0.29) is 5.91 Å². The predicted molar refractivity (Wildman–Crippen MR) is 74.3 cm³/mol. The number of hydrogen-bond donors (Lipinski definition) is 1. The molecule has 0 fully saturated rings. The van der Waals surface area contributed by atoms with Crippen LogP contribution in [0.1, 0.15) is 16.1 Å². The van der Waals surface area contributed by atoms with Crippen molar-refractivity contribution in [2.24, 2.45) is 0 Å². The normalized spacial score (nSPS) is 10.9. The molecule has 3 aromatic heterocycles. The fourth-order valence-corrected chi connectivity index (χ4v) is 2.01. The average molecular weight is 270 g/mol. The maximum Gasteiger partial charge on any atom is 0.275 e. The number of aromatic amines is 1. The van der Waals surface area contributed by atoms with E-state index in [4.69, 9.17) is 4.42 Å². The van der Waals surface area contributed by atoms with Crippen LogP contribution in [0.4, 0.5) is 0 Å². The third kappa shape index (κ3) is 1.95. The Bertz CT molecular complexity index is 785. The number of hydrogen-bond acceptors (Lipinski definition) is 4. The largest absolute Gasteiger partial charge is 0.444 e. The van der Waals surface area contributed by atoms with Crippen LogP contribution in [0, 0.1) is 6.92 Å². The van der Waals surface area contributed by atoms with Gasteiger partial charge in [-0.2, -0.15) is 0 Å². The van der Waals surface area contributed by atoms with Crippen molar-refractivity contribution < 1.29 is 9.21 Å². The van der Waals surface area contributed by atoms with Crippen LogP contribution in [-0.4, -0.2) is 39.9 Å². The lowest BCUT2D eigenvalue weighted by Crippen LogP contribution is -2.21. The average Bonchev–Trinajstić information content (AvgIpc) is 3.02. The lowest BCUT2D eigenvalue weighted by atomic mass is 10.2. The van der Waals surface area contributed by atoms with E-state index in [0.717, 1.165) is 22.2 Å². The van der Waals surface area contributed by atoms with Gasteiger partial charge in [0.2, 0.25) is 5.89 Å². The standard InChI is InChI=1S/C14H14N4O2/c1-8-4-9-10(6-16-12(9)15-5-8)13-17-11(7-20-13)14(19)18(2)3/h4-7H,1-3H3,(H,15,16). The smallest absolute Gasteiger partial charge is 0.275 e. The second kappa shape index (κ2) is 4.48. The monoisotopic (exact) mass is 270 g/mol. The number of aryl methyl sites for hydroxylation is 1. The number of H-pyrrole nitrogens is 1. The van der Waals surface area contributed by atoms with Crippen molar-refractivity contribution in [1.29, 1.82) is 0 Å². The summed E-state index contributed by atoms with van der Waals surface area (Å²) in [6.45, 7) is 1.97. The lowest BCUT2D eigenvalue weighted by Gasteiger charge is -2.05. The molecular formula is C14H14N4O2. The third-order valence-corrected chi connectivity index (χ3v) is 3.03. The minimum absolute atomic E-state index is 0.186. The van der Waals surface area contributed by atoms with Crippen molar-refractivity contribution in [2.45, 2.75) is 6.92 Å². The van der Waals surface area contributed by atoms with Gasteiger partial charge in [0.15, 0.2) is 5.69 Å². The Hall–Kier alpha value is -2.63. The van der Waals surface area contributed by atoms with E-state index in [1.54, 1.807) is 26.5 Å². The van der Waals surface area contributed by atoms with Gasteiger partial charge in [-0.1, -0.05) is 0 Å². The van der Waals surface area contributed by atoms with Gasteiger partial charge in [-0.3, -0.25) is 4.79 Å². The van der Waals surface area contributed by atoms with Crippen molar-refractivity contribution in [1.82, 2.24) is 19.9 Å². The van der Waals surface area contributed by atoms with Crippen molar-refractivity contribution in [2.75, 3.05) is 14.1 Å². The summed E-state index contributed by atoms with van der Waals surface area (Å²) in [5.74, 6) is 0.225. The number of nitrogens with zero attached hydrogens (tertiary/aromatic N) is 3. The molecule has 0 aliphatic carbocycles. The molecule has 3 aromatic rings. The number of pyridine rings is 1. The van der Waals surface area contributed by atoms with Gasteiger partial charge in [-0.15, -0.1) is 0 Å². The van der Waals surface area contributed by atoms with Crippen LogP contribution in [0.25, 0.3) is 22.5 Å². The van der Waals surface area contributed by atoms with E-state index in [1.165, 1.54) is 11.2 Å². The van der Waals surface area contributed by atoms with Gasteiger partial charge in [-0.25, -0.2) is 9.97 Å². The molecule has 1 N–H and O–H groups in total. The zero-order chi connectivity index (χ0) is 14.3. The van der Waals surface area contributed by atoms with Gasteiger partial charge < -0.3 is 14.3 Å². The first-order valence-corrected chi connectivity index (χ1v) is 6.17. The highest BCUT2D eigenvalue weighted by atomic mass is 16.3. The third-order valence-electron chi connectivity index (χ3n) is 3.03. The number of carbonyl (C=O) groups is 1. The van der Waals surface area contributed by atoms with E-state index in [1.807, 2.05) is 13.0 Å². The van der Waals surface area contributed by atoms with Crippen LogP contribution in [0.2, 0.25) is 0 Å². The number of amides is 1. The van der Waals surface area contributed by atoms with Crippen molar-refractivity contribution in [3.8, 4) is 11.5 Å². The maximum absolute atomic E-state index is 11.8. The molecule has 0 aliphatic rings. The summed E-state index contributed by atoms with van der Waals surface area (Å²) in [4.78, 5) is 24.9. The molecule has 0 saturated heterocycles. The van der Waals surface area contributed by atoms with Crippen LogP contribution in [-0.2, 0) is 0 Å². The Morgan fingerprint density at radius 1 is 1.40 bits per heavy atom. The van der Waals surface area contributed by atoms with Crippen LogP contribution in [0.15, 0.2) is 29.1 Å². The van der Waals surface area contributed by atoms with Crippen LogP contribution >= 0.6 is 0 Å². The van der Waals surface area contributed by atoms with Crippen molar-refractivity contribution in [3.63, 3.8) is 0 Å². The molecule has 0 spiro atoms. The van der Waals surface area contributed by atoms with Crippen LogP contribution < -0.4 is 0 Å². The van der Waals surface area contributed by atoms with E-state index >= 15 is 0 Å². The Morgan fingerprint density at radius 2 is 2.20 bits per heavy atom. The molecule has 0 saturated carbocycles. The summed E-state index contributed by atoms with van der Waals surface area (Å²) >= 11 is 0. The molecule has 0 aliphatic heterocycles. The molecule has 1 amide bonds. The topological polar surface area (TPSA) is 75.0 Å². The van der Waals surface area contributed by atoms with E-state index in [9.17, 15) is 4.79 Å². The molecule has 6 heteroatoms. The van der Waals surface area contributed by atoms with Gasteiger partial charge in [0, 0.05) is 31.9 Å². The summed E-state index contributed by atoms with van der Waals surface area (Å²) in [6, 6.07) is 2.01. The fourth-order valence-electron chi connectivity index (χ4n) is 2.01. The van der Waals surface area contributed by atoms with Gasteiger partial charge in [0.25, 0.3) is 5.91 Å². The molecule has 3 heterocycles. The summed E-state index contributed by atoms with van der Waals surface area (Å²) in [5.41, 5.74) is 2.91. The number of carbonyl (C=O) groups excluding carboxylic acids is 1. The van der Waals surface area contributed by atoms with Gasteiger partial charge in [0.05, 0.1) is 5.56 Å². The molecular weight excluding hydrogens is 256 g/mol. The number of oxazole rings is 1. The fraction of sp³-hybridized carbons (Fsp3) is 0.214. The minimum Gasteiger partial charge on any atom is -0.444 e. The number of aromatic nitrogens is 3. The zero-order valence-electron chi connectivity index (χ0n) is 11.5. The molecule has 0 radical (unpaired) electrons. The summed E-state index contributed by atoms with van der Waals surface area (Å²) < 4.78 is 5.42. The van der Waals surface area contributed by atoms with Crippen molar-refractivity contribution >= 4 is 16.9 Å². The minimum atomic E-state index is -0.186. The summed E-state index contributed by atoms with van der Waals surface area (Å²) in [7, 11) is 3.35. The molecule has 0 bridgehead atoms. The molecule has 102 valence electrons. The Balaban J connectivity index is 2.08. The predicted octanol–water partition coefficient (Wildman–Crippen LogP) is 2.23. The molecule has 20 heavy (non-hydrogen) atoms. The second-order valence-corrected chi connectivity index (χ2v) is 4.85. The first-order valence-electron chi connectivity index (χ1n) is 6.17. The van der Waals surface area contributed by atoms with Gasteiger partial charge in [0.1, 0.15) is 11.9 Å². The highest BCUT2D eigenvalue weighted by Gasteiger charge is 2.17. The Kier molecular flexibility index (Phi) is 2.78. The van der Waals surface area contributed by atoms with Crippen LogP contribution in [0.3, 0.4) is 0 Å². The summed E-state index contributed by atoms with van der Waals surface area (Å²) in [6.07, 6.45) is 4.95. The van der Waals surface area contributed by atoms with E-state index in [2.05, 4.69) is 15.0 Å². The Labute approximate surface area is 115 Å². The zero-order valence-corrected chi connectivity index (χ0v) is 11.5.